The van der Waals surface area contributed by atoms with E-state index in [4.69, 9.17) is 0 Å². The van der Waals surface area contributed by atoms with Gasteiger partial charge in [0.1, 0.15) is 0 Å². The van der Waals surface area contributed by atoms with Gasteiger partial charge in [-0.1, -0.05) is 20.8 Å². The van der Waals surface area contributed by atoms with Crippen LogP contribution < -0.4 is 10.6 Å². The third-order valence-corrected chi connectivity index (χ3v) is 3.77. The maximum Gasteiger partial charge on any atom is 0.191 e. The van der Waals surface area contributed by atoms with Crippen molar-refractivity contribution in [2.75, 3.05) is 26.7 Å². The summed E-state index contributed by atoms with van der Waals surface area (Å²) < 4.78 is 0. The Kier molecular flexibility index (Phi) is 14.1. The van der Waals surface area contributed by atoms with E-state index in [1.165, 1.54) is 6.42 Å². The molecule has 0 aromatic carbocycles. The van der Waals surface area contributed by atoms with Crippen LogP contribution in [0, 0.1) is 5.92 Å². The minimum absolute atomic E-state index is 0. The number of hydrogen-bond acceptors (Lipinski definition) is 2. The van der Waals surface area contributed by atoms with E-state index in [2.05, 4.69) is 69.1 Å². The average molecular weight is 398 g/mol. The SMILES string of the molecule is CCNC(=NCCN(C)C(C)CC)NC(C)C(C)C.I. The summed E-state index contributed by atoms with van der Waals surface area (Å²) in [6, 6.07) is 1.06. The second-order valence-electron chi connectivity index (χ2n) is 5.68. The Balaban J connectivity index is 0. The zero-order valence-electron chi connectivity index (χ0n) is 14.4. The molecule has 0 radical (unpaired) electrons. The largest absolute Gasteiger partial charge is 0.357 e. The van der Waals surface area contributed by atoms with Gasteiger partial charge in [0.05, 0.1) is 6.54 Å². The molecule has 20 heavy (non-hydrogen) atoms. The fraction of sp³-hybridized carbons (Fsp3) is 0.933. The highest BCUT2D eigenvalue weighted by molar-refractivity contribution is 14.0. The Bertz CT molecular complexity index is 256. The molecular weight excluding hydrogens is 363 g/mol. The van der Waals surface area contributed by atoms with Crippen LogP contribution in [0.5, 0.6) is 0 Å². The molecule has 0 saturated carbocycles. The van der Waals surface area contributed by atoms with E-state index in [-0.39, 0.29) is 24.0 Å². The smallest absolute Gasteiger partial charge is 0.191 e. The number of nitrogens with zero attached hydrogens (tertiary/aromatic N) is 2. The fourth-order valence-electron chi connectivity index (χ4n) is 1.55. The highest BCUT2D eigenvalue weighted by atomic mass is 127. The summed E-state index contributed by atoms with van der Waals surface area (Å²) in [5, 5.41) is 6.76. The van der Waals surface area contributed by atoms with Gasteiger partial charge in [0.15, 0.2) is 5.96 Å². The number of halogens is 1. The number of likely N-dealkylation sites (N-methyl/N-ethyl adjacent to an activating group) is 1. The molecule has 0 aliphatic carbocycles. The van der Waals surface area contributed by atoms with Crippen LogP contribution in [0.25, 0.3) is 0 Å². The molecule has 0 aromatic rings. The number of rotatable bonds is 8. The third-order valence-electron chi connectivity index (χ3n) is 3.77. The molecule has 0 amide bonds. The predicted molar refractivity (Wildman–Crippen MR) is 101 cm³/mol. The standard InChI is InChI=1S/C15H34N4.HI/c1-8-13(5)19(7)11-10-17-15(16-9-2)18-14(6)12(3)4;/h12-14H,8-11H2,1-7H3,(H2,16,17,18);1H. The summed E-state index contributed by atoms with van der Waals surface area (Å²) in [5.41, 5.74) is 0. The molecular formula is C15H35IN4. The minimum Gasteiger partial charge on any atom is -0.357 e. The molecule has 122 valence electrons. The molecule has 0 aromatic heterocycles. The summed E-state index contributed by atoms with van der Waals surface area (Å²) >= 11 is 0. The van der Waals surface area contributed by atoms with Gasteiger partial charge in [-0.05, 0) is 40.2 Å². The maximum absolute atomic E-state index is 4.65. The molecule has 0 aliphatic heterocycles. The quantitative estimate of drug-likeness (QED) is 0.375. The van der Waals surface area contributed by atoms with E-state index in [1.54, 1.807) is 0 Å². The number of aliphatic imine (C=N–C) groups is 1. The lowest BCUT2D eigenvalue weighted by Gasteiger charge is -2.23. The molecule has 2 atom stereocenters. The van der Waals surface area contributed by atoms with Gasteiger partial charge in [0, 0.05) is 25.2 Å². The van der Waals surface area contributed by atoms with Crippen molar-refractivity contribution in [3.05, 3.63) is 0 Å². The topological polar surface area (TPSA) is 39.7 Å². The van der Waals surface area contributed by atoms with E-state index < -0.39 is 0 Å². The van der Waals surface area contributed by atoms with Crippen LogP contribution in [0.3, 0.4) is 0 Å². The van der Waals surface area contributed by atoms with Crippen molar-refractivity contribution >= 4 is 29.9 Å². The van der Waals surface area contributed by atoms with Crippen LogP contribution in [0.15, 0.2) is 4.99 Å². The van der Waals surface area contributed by atoms with Crippen LogP contribution in [0.4, 0.5) is 0 Å². The van der Waals surface area contributed by atoms with Crippen molar-refractivity contribution in [3.8, 4) is 0 Å². The number of guanidine groups is 1. The lowest BCUT2D eigenvalue weighted by molar-refractivity contribution is 0.259. The second-order valence-corrected chi connectivity index (χ2v) is 5.68. The highest BCUT2D eigenvalue weighted by Gasteiger charge is 2.09. The Morgan fingerprint density at radius 1 is 1.15 bits per heavy atom. The van der Waals surface area contributed by atoms with Crippen molar-refractivity contribution in [1.29, 1.82) is 0 Å². The van der Waals surface area contributed by atoms with Crippen molar-refractivity contribution in [2.45, 2.75) is 60.0 Å². The molecule has 0 bridgehead atoms. The van der Waals surface area contributed by atoms with Crippen molar-refractivity contribution in [2.24, 2.45) is 10.9 Å². The Morgan fingerprint density at radius 2 is 1.75 bits per heavy atom. The van der Waals surface area contributed by atoms with Crippen LogP contribution in [-0.4, -0.2) is 49.6 Å². The van der Waals surface area contributed by atoms with Gasteiger partial charge in [-0.2, -0.15) is 0 Å². The molecule has 2 N–H and O–H groups in total. The number of nitrogens with one attached hydrogen (secondary N) is 2. The van der Waals surface area contributed by atoms with Gasteiger partial charge in [-0.25, -0.2) is 0 Å². The summed E-state index contributed by atoms with van der Waals surface area (Å²) in [6.45, 7) is 16.0. The van der Waals surface area contributed by atoms with Gasteiger partial charge in [0.2, 0.25) is 0 Å². The molecule has 0 spiro atoms. The molecule has 0 saturated heterocycles. The van der Waals surface area contributed by atoms with E-state index >= 15 is 0 Å². The van der Waals surface area contributed by atoms with E-state index in [0.717, 1.165) is 25.6 Å². The van der Waals surface area contributed by atoms with E-state index in [1.807, 2.05) is 0 Å². The zero-order chi connectivity index (χ0) is 14.8. The molecule has 2 unspecified atom stereocenters. The first-order chi connectivity index (χ1) is 8.92. The Labute approximate surface area is 143 Å². The first kappa shape index (κ1) is 22.2. The molecule has 4 nitrogen and oxygen atoms in total. The first-order valence-corrected chi connectivity index (χ1v) is 7.67. The predicted octanol–water partition coefficient (Wildman–Crippen LogP) is 2.93. The van der Waals surface area contributed by atoms with Crippen LogP contribution in [0.2, 0.25) is 0 Å². The van der Waals surface area contributed by atoms with Gasteiger partial charge in [0.25, 0.3) is 0 Å². The monoisotopic (exact) mass is 398 g/mol. The van der Waals surface area contributed by atoms with Crippen molar-refractivity contribution in [1.82, 2.24) is 15.5 Å². The van der Waals surface area contributed by atoms with Gasteiger partial charge < -0.3 is 15.5 Å². The lowest BCUT2D eigenvalue weighted by Crippen LogP contribution is -2.44. The molecule has 5 heteroatoms. The zero-order valence-corrected chi connectivity index (χ0v) is 16.7. The number of hydrogen-bond donors (Lipinski definition) is 2. The maximum atomic E-state index is 4.65. The lowest BCUT2D eigenvalue weighted by atomic mass is 10.1. The summed E-state index contributed by atoms with van der Waals surface area (Å²) in [7, 11) is 2.17. The molecule has 0 fully saturated rings. The summed E-state index contributed by atoms with van der Waals surface area (Å²) in [4.78, 5) is 7.01. The molecule has 0 aliphatic rings. The first-order valence-electron chi connectivity index (χ1n) is 7.67. The van der Waals surface area contributed by atoms with Crippen LogP contribution >= 0.6 is 24.0 Å². The Hall–Kier alpha value is -0.0400. The molecule has 0 heterocycles. The highest BCUT2D eigenvalue weighted by Crippen LogP contribution is 2.00. The summed E-state index contributed by atoms with van der Waals surface area (Å²) in [5.74, 6) is 1.54. The average Bonchev–Trinajstić information content (AvgIpc) is 2.37. The van der Waals surface area contributed by atoms with Gasteiger partial charge in [-0.15, -0.1) is 24.0 Å². The van der Waals surface area contributed by atoms with E-state index in [0.29, 0.717) is 18.0 Å². The van der Waals surface area contributed by atoms with Crippen LogP contribution in [0.1, 0.15) is 48.0 Å². The fourth-order valence-corrected chi connectivity index (χ4v) is 1.55. The Morgan fingerprint density at radius 3 is 2.20 bits per heavy atom. The normalized spacial score (nSPS) is 14.9. The minimum atomic E-state index is 0. The van der Waals surface area contributed by atoms with Crippen molar-refractivity contribution < 1.29 is 0 Å². The summed E-state index contributed by atoms with van der Waals surface area (Å²) in [6.07, 6.45) is 1.18. The van der Waals surface area contributed by atoms with E-state index in [9.17, 15) is 0 Å². The van der Waals surface area contributed by atoms with Crippen molar-refractivity contribution in [3.63, 3.8) is 0 Å². The van der Waals surface area contributed by atoms with Gasteiger partial charge >= 0.3 is 0 Å². The second kappa shape index (κ2) is 12.7. The molecule has 0 rings (SSSR count). The van der Waals surface area contributed by atoms with Gasteiger partial charge in [-0.3, -0.25) is 4.99 Å². The van der Waals surface area contributed by atoms with Crippen LogP contribution in [-0.2, 0) is 0 Å². The third kappa shape index (κ3) is 9.80.